The molecule has 2 aromatic rings. The zero-order valence-corrected chi connectivity index (χ0v) is 10.8. The summed E-state index contributed by atoms with van der Waals surface area (Å²) in [5, 5.41) is 13.4. The summed E-state index contributed by atoms with van der Waals surface area (Å²) >= 11 is 0. The number of rotatable bonds is 5. The summed E-state index contributed by atoms with van der Waals surface area (Å²) in [6.45, 7) is 2.60. The highest BCUT2D eigenvalue weighted by atomic mass is 16.5. The molecule has 0 saturated heterocycles. The van der Waals surface area contributed by atoms with Crippen molar-refractivity contribution in [1.82, 2.24) is 9.78 Å². The Kier molecular flexibility index (Phi) is 3.99. The van der Waals surface area contributed by atoms with Crippen molar-refractivity contribution >= 4 is 0 Å². The van der Waals surface area contributed by atoms with E-state index in [0.717, 1.165) is 29.1 Å². The maximum absolute atomic E-state index is 9.06. The molecule has 0 amide bonds. The number of hydrogen-bond donors (Lipinski definition) is 1. The number of nitrogens with zero attached hydrogens (tertiary/aromatic N) is 2. The van der Waals surface area contributed by atoms with Crippen molar-refractivity contribution < 1.29 is 9.84 Å². The van der Waals surface area contributed by atoms with E-state index < -0.39 is 0 Å². The standard InChI is InChI=1S/C14H18N2O2/c1-3-12-8-13(16(2)15-12)10-18-14-6-4-5-11(7-14)9-17/h4-8,17H,3,9-10H2,1-2H3. The Morgan fingerprint density at radius 1 is 1.33 bits per heavy atom. The van der Waals surface area contributed by atoms with Crippen LogP contribution in [0.1, 0.15) is 23.9 Å². The van der Waals surface area contributed by atoms with Crippen LogP contribution in [0.4, 0.5) is 0 Å². The Morgan fingerprint density at radius 3 is 2.83 bits per heavy atom. The monoisotopic (exact) mass is 246 g/mol. The topological polar surface area (TPSA) is 47.3 Å². The lowest BCUT2D eigenvalue weighted by Gasteiger charge is -2.07. The fourth-order valence-corrected chi connectivity index (χ4v) is 1.77. The summed E-state index contributed by atoms with van der Waals surface area (Å²) in [5.74, 6) is 0.765. The molecule has 0 fully saturated rings. The Morgan fingerprint density at radius 2 is 2.17 bits per heavy atom. The number of aliphatic hydroxyl groups is 1. The highest BCUT2D eigenvalue weighted by molar-refractivity contribution is 5.28. The van der Waals surface area contributed by atoms with Gasteiger partial charge in [-0.3, -0.25) is 4.68 Å². The van der Waals surface area contributed by atoms with Crippen molar-refractivity contribution in [3.63, 3.8) is 0 Å². The molecule has 4 heteroatoms. The van der Waals surface area contributed by atoms with Gasteiger partial charge < -0.3 is 9.84 Å². The number of aliphatic hydroxyl groups excluding tert-OH is 1. The first-order valence-electron chi connectivity index (χ1n) is 6.07. The van der Waals surface area contributed by atoms with Crippen LogP contribution in [-0.4, -0.2) is 14.9 Å². The summed E-state index contributed by atoms with van der Waals surface area (Å²) in [6, 6.07) is 9.52. The van der Waals surface area contributed by atoms with Gasteiger partial charge in [-0.1, -0.05) is 19.1 Å². The van der Waals surface area contributed by atoms with Gasteiger partial charge in [0.25, 0.3) is 0 Å². The van der Waals surface area contributed by atoms with E-state index in [9.17, 15) is 0 Å². The molecule has 1 aromatic carbocycles. The molecule has 0 spiro atoms. The van der Waals surface area contributed by atoms with Gasteiger partial charge in [-0.25, -0.2) is 0 Å². The van der Waals surface area contributed by atoms with E-state index in [-0.39, 0.29) is 6.61 Å². The SMILES string of the molecule is CCc1cc(COc2cccc(CO)c2)n(C)n1. The third kappa shape index (κ3) is 2.90. The predicted molar refractivity (Wildman–Crippen MR) is 69.3 cm³/mol. The van der Waals surface area contributed by atoms with Crippen molar-refractivity contribution in [2.45, 2.75) is 26.6 Å². The lowest BCUT2D eigenvalue weighted by Crippen LogP contribution is -2.03. The second kappa shape index (κ2) is 5.69. The molecule has 0 aliphatic carbocycles. The van der Waals surface area contributed by atoms with Crippen LogP contribution < -0.4 is 4.74 Å². The molecule has 0 unspecified atom stereocenters. The first kappa shape index (κ1) is 12.6. The third-order valence-electron chi connectivity index (χ3n) is 2.86. The molecule has 0 aliphatic rings. The fourth-order valence-electron chi connectivity index (χ4n) is 1.77. The molecule has 0 bridgehead atoms. The number of hydrogen-bond acceptors (Lipinski definition) is 3. The molecule has 1 N–H and O–H groups in total. The van der Waals surface area contributed by atoms with E-state index in [1.54, 1.807) is 0 Å². The molecular formula is C14H18N2O2. The molecule has 18 heavy (non-hydrogen) atoms. The van der Waals surface area contributed by atoms with E-state index in [1.165, 1.54) is 0 Å². The van der Waals surface area contributed by atoms with Gasteiger partial charge in [-0.2, -0.15) is 5.10 Å². The number of benzene rings is 1. The Hall–Kier alpha value is -1.81. The van der Waals surface area contributed by atoms with Crippen LogP contribution in [0.2, 0.25) is 0 Å². The van der Waals surface area contributed by atoms with Crippen LogP contribution in [0.25, 0.3) is 0 Å². The second-order valence-electron chi connectivity index (χ2n) is 4.20. The second-order valence-corrected chi connectivity index (χ2v) is 4.20. The Balaban J connectivity index is 2.03. The Labute approximate surface area is 107 Å². The summed E-state index contributed by atoms with van der Waals surface area (Å²) in [7, 11) is 1.92. The zero-order valence-electron chi connectivity index (χ0n) is 10.8. The first-order chi connectivity index (χ1) is 8.72. The average molecular weight is 246 g/mol. The number of aromatic nitrogens is 2. The molecule has 96 valence electrons. The largest absolute Gasteiger partial charge is 0.487 e. The van der Waals surface area contributed by atoms with Gasteiger partial charge >= 0.3 is 0 Å². The number of ether oxygens (including phenoxy) is 1. The van der Waals surface area contributed by atoms with Crippen LogP contribution >= 0.6 is 0 Å². The maximum Gasteiger partial charge on any atom is 0.130 e. The maximum atomic E-state index is 9.06. The van der Waals surface area contributed by atoms with E-state index >= 15 is 0 Å². The minimum atomic E-state index is 0.0306. The van der Waals surface area contributed by atoms with Gasteiger partial charge in [0.05, 0.1) is 18.0 Å². The molecule has 0 aliphatic heterocycles. The lowest BCUT2D eigenvalue weighted by molar-refractivity contribution is 0.276. The summed E-state index contributed by atoms with van der Waals surface area (Å²) in [6.07, 6.45) is 0.924. The van der Waals surface area contributed by atoms with Gasteiger partial charge in [0.15, 0.2) is 0 Å². The molecule has 0 radical (unpaired) electrons. The van der Waals surface area contributed by atoms with Gasteiger partial charge in [-0.15, -0.1) is 0 Å². The van der Waals surface area contributed by atoms with Gasteiger partial charge in [0.2, 0.25) is 0 Å². The molecule has 0 saturated carbocycles. The third-order valence-corrected chi connectivity index (χ3v) is 2.86. The van der Waals surface area contributed by atoms with E-state index in [2.05, 4.69) is 18.1 Å². The smallest absolute Gasteiger partial charge is 0.130 e. The van der Waals surface area contributed by atoms with Crippen LogP contribution in [0.5, 0.6) is 5.75 Å². The minimum absolute atomic E-state index is 0.0306. The normalized spacial score (nSPS) is 10.6. The molecule has 2 rings (SSSR count). The van der Waals surface area contributed by atoms with Gasteiger partial charge in [0, 0.05) is 7.05 Å². The molecular weight excluding hydrogens is 228 g/mol. The van der Waals surface area contributed by atoms with E-state index in [0.29, 0.717) is 6.61 Å². The van der Waals surface area contributed by atoms with Gasteiger partial charge in [0.1, 0.15) is 12.4 Å². The van der Waals surface area contributed by atoms with Crippen LogP contribution in [-0.2, 0) is 26.7 Å². The van der Waals surface area contributed by atoms with Crippen molar-refractivity contribution in [2.75, 3.05) is 0 Å². The van der Waals surface area contributed by atoms with Crippen LogP contribution in [0.3, 0.4) is 0 Å². The Bertz CT molecular complexity index is 520. The first-order valence-corrected chi connectivity index (χ1v) is 6.07. The summed E-state index contributed by atoms with van der Waals surface area (Å²) in [5.41, 5.74) is 2.97. The molecule has 4 nitrogen and oxygen atoms in total. The van der Waals surface area contributed by atoms with Gasteiger partial charge in [-0.05, 0) is 30.2 Å². The van der Waals surface area contributed by atoms with Crippen molar-refractivity contribution in [1.29, 1.82) is 0 Å². The lowest BCUT2D eigenvalue weighted by atomic mass is 10.2. The van der Waals surface area contributed by atoms with E-state index in [1.807, 2.05) is 36.0 Å². The molecule has 1 aromatic heterocycles. The molecule has 1 heterocycles. The highest BCUT2D eigenvalue weighted by Crippen LogP contribution is 2.15. The van der Waals surface area contributed by atoms with Crippen molar-refractivity contribution in [2.24, 2.45) is 7.05 Å². The average Bonchev–Trinajstić information content (AvgIpc) is 2.77. The number of aryl methyl sites for hydroxylation is 2. The fraction of sp³-hybridized carbons (Fsp3) is 0.357. The van der Waals surface area contributed by atoms with Crippen LogP contribution in [0, 0.1) is 0 Å². The quantitative estimate of drug-likeness (QED) is 0.878. The van der Waals surface area contributed by atoms with E-state index in [4.69, 9.17) is 9.84 Å². The highest BCUT2D eigenvalue weighted by Gasteiger charge is 2.04. The summed E-state index contributed by atoms with van der Waals surface area (Å²) in [4.78, 5) is 0. The zero-order chi connectivity index (χ0) is 13.0. The molecule has 0 atom stereocenters. The van der Waals surface area contributed by atoms with Crippen LogP contribution in [0.15, 0.2) is 30.3 Å². The predicted octanol–water partition coefficient (Wildman–Crippen LogP) is 2.05. The van der Waals surface area contributed by atoms with Crippen molar-refractivity contribution in [3.8, 4) is 5.75 Å². The summed E-state index contributed by atoms with van der Waals surface area (Å²) < 4.78 is 7.54. The van der Waals surface area contributed by atoms with Crippen molar-refractivity contribution in [3.05, 3.63) is 47.3 Å². The minimum Gasteiger partial charge on any atom is -0.487 e.